The number of nitrogens with one attached hydrogen (secondary N) is 1. The van der Waals surface area contributed by atoms with Crippen LogP contribution in [0.1, 0.15) is 37.8 Å². The van der Waals surface area contributed by atoms with Gasteiger partial charge in [0.15, 0.2) is 0 Å². The van der Waals surface area contributed by atoms with Crippen LogP contribution in [-0.2, 0) is 0 Å². The molecule has 2 rings (SSSR count). The molecule has 0 aromatic heterocycles. The molecule has 1 aromatic carbocycles. The van der Waals surface area contributed by atoms with E-state index >= 15 is 0 Å². The average Bonchev–Trinajstić information content (AvgIpc) is 3.20. The summed E-state index contributed by atoms with van der Waals surface area (Å²) in [6, 6.07) is 9.47. The van der Waals surface area contributed by atoms with E-state index in [2.05, 4.69) is 69.2 Å². The van der Waals surface area contributed by atoms with Crippen LogP contribution in [0, 0.1) is 31.1 Å². The zero-order valence-corrected chi connectivity index (χ0v) is 13.9. The molecule has 1 atom stereocenters. The Balaban J connectivity index is 2.21. The van der Waals surface area contributed by atoms with Gasteiger partial charge in [0.2, 0.25) is 0 Å². The summed E-state index contributed by atoms with van der Waals surface area (Å²) in [4.78, 5) is 2.22. The van der Waals surface area contributed by atoms with Gasteiger partial charge in [-0.25, -0.2) is 0 Å². The van der Waals surface area contributed by atoms with Crippen molar-refractivity contribution in [1.82, 2.24) is 5.32 Å². The first kappa shape index (κ1) is 15.9. The molecule has 0 radical (unpaired) electrons. The minimum atomic E-state index is -0.430. The quantitative estimate of drug-likeness (QED) is 0.870. The normalized spacial score (nSPS) is 17.4. The molecule has 1 unspecified atom stereocenters. The summed E-state index contributed by atoms with van der Waals surface area (Å²) in [5, 5.41) is 13.3. The molecular formula is C18H27N3. The van der Waals surface area contributed by atoms with Gasteiger partial charge in [-0.2, -0.15) is 5.26 Å². The highest BCUT2D eigenvalue weighted by atomic mass is 15.2. The highest BCUT2D eigenvalue weighted by Crippen LogP contribution is 2.40. The van der Waals surface area contributed by atoms with Crippen LogP contribution in [0.3, 0.4) is 0 Å². The minimum Gasteiger partial charge on any atom is -0.372 e. The van der Waals surface area contributed by atoms with E-state index in [9.17, 15) is 5.26 Å². The van der Waals surface area contributed by atoms with Gasteiger partial charge in [0, 0.05) is 25.3 Å². The van der Waals surface area contributed by atoms with Crippen LogP contribution >= 0.6 is 0 Å². The van der Waals surface area contributed by atoms with Crippen molar-refractivity contribution in [2.45, 2.75) is 52.1 Å². The highest BCUT2D eigenvalue weighted by Gasteiger charge is 2.46. The lowest BCUT2D eigenvalue weighted by molar-refractivity contribution is 0.339. The number of rotatable bonds is 6. The van der Waals surface area contributed by atoms with E-state index < -0.39 is 5.54 Å². The molecule has 0 aliphatic heterocycles. The van der Waals surface area contributed by atoms with Crippen molar-refractivity contribution < 1.29 is 0 Å². The van der Waals surface area contributed by atoms with Crippen molar-refractivity contribution in [2.75, 3.05) is 18.5 Å². The number of nitriles is 1. The van der Waals surface area contributed by atoms with Gasteiger partial charge in [0.1, 0.15) is 5.54 Å². The minimum absolute atomic E-state index is 0.317. The third-order valence-electron chi connectivity index (χ3n) is 4.15. The zero-order chi connectivity index (χ0) is 15.6. The molecule has 1 fully saturated rings. The Bertz CT molecular complexity index is 520. The van der Waals surface area contributed by atoms with Gasteiger partial charge in [-0.05, 0) is 69.7 Å². The first-order valence-electron chi connectivity index (χ1n) is 7.84. The second-order valence-electron chi connectivity index (χ2n) is 6.86. The second-order valence-corrected chi connectivity index (χ2v) is 6.86. The maximum atomic E-state index is 9.80. The van der Waals surface area contributed by atoms with E-state index in [1.807, 2.05) is 0 Å². The van der Waals surface area contributed by atoms with Crippen molar-refractivity contribution in [3.63, 3.8) is 0 Å². The van der Waals surface area contributed by atoms with E-state index in [1.54, 1.807) is 0 Å². The van der Waals surface area contributed by atoms with Gasteiger partial charge < -0.3 is 4.90 Å². The SMILES string of the molecule is Cc1cc(C)cc(N(C)CC(C#N)(NC(C)C)C2CC2)c1. The van der Waals surface area contributed by atoms with Crippen molar-refractivity contribution in [3.8, 4) is 6.07 Å². The van der Waals surface area contributed by atoms with Crippen molar-refractivity contribution >= 4 is 5.69 Å². The summed E-state index contributed by atoms with van der Waals surface area (Å²) in [6.07, 6.45) is 2.32. The summed E-state index contributed by atoms with van der Waals surface area (Å²) in [7, 11) is 2.09. The fourth-order valence-corrected chi connectivity index (χ4v) is 3.18. The number of hydrogen-bond acceptors (Lipinski definition) is 3. The molecule has 0 heterocycles. The molecule has 21 heavy (non-hydrogen) atoms. The molecule has 0 saturated heterocycles. The molecule has 1 saturated carbocycles. The molecule has 3 heteroatoms. The Morgan fingerprint density at radius 2 is 1.86 bits per heavy atom. The van der Waals surface area contributed by atoms with E-state index in [4.69, 9.17) is 0 Å². The topological polar surface area (TPSA) is 39.1 Å². The molecular weight excluding hydrogens is 258 g/mol. The predicted molar refractivity (Wildman–Crippen MR) is 88.5 cm³/mol. The largest absolute Gasteiger partial charge is 0.372 e. The first-order chi connectivity index (χ1) is 9.86. The van der Waals surface area contributed by atoms with Gasteiger partial charge in [-0.15, -0.1) is 0 Å². The van der Waals surface area contributed by atoms with E-state index in [0.29, 0.717) is 12.0 Å². The lowest BCUT2D eigenvalue weighted by atomic mass is 9.92. The summed E-state index contributed by atoms with van der Waals surface area (Å²) in [5.41, 5.74) is 3.30. The Morgan fingerprint density at radius 1 is 1.29 bits per heavy atom. The number of anilines is 1. The van der Waals surface area contributed by atoms with Crippen LogP contribution in [0.4, 0.5) is 5.69 Å². The number of aryl methyl sites for hydroxylation is 2. The van der Waals surface area contributed by atoms with Crippen LogP contribution in [0.15, 0.2) is 18.2 Å². The average molecular weight is 285 g/mol. The lowest BCUT2D eigenvalue weighted by Crippen LogP contribution is -2.56. The van der Waals surface area contributed by atoms with Crippen molar-refractivity contribution in [3.05, 3.63) is 29.3 Å². The number of likely N-dealkylation sites (N-methyl/N-ethyl adjacent to an activating group) is 1. The van der Waals surface area contributed by atoms with Crippen LogP contribution < -0.4 is 10.2 Å². The number of hydrogen-bond donors (Lipinski definition) is 1. The molecule has 3 nitrogen and oxygen atoms in total. The van der Waals surface area contributed by atoms with Crippen LogP contribution in [0.25, 0.3) is 0 Å². The molecule has 1 aromatic rings. The Kier molecular flexibility index (Phi) is 4.58. The Hall–Kier alpha value is -1.53. The number of benzene rings is 1. The van der Waals surface area contributed by atoms with Crippen LogP contribution in [0.2, 0.25) is 0 Å². The van der Waals surface area contributed by atoms with Gasteiger partial charge in [-0.3, -0.25) is 5.32 Å². The van der Waals surface area contributed by atoms with Crippen LogP contribution in [-0.4, -0.2) is 25.2 Å². The van der Waals surface area contributed by atoms with Gasteiger partial charge >= 0.3 is 0 Å². The molecule has 114 valence electrons. The first-order valence-corrected chi connectivity index (χ1v) is 7.84. The third-order valence-corrected chi connectivity index (χ3v) is 4.15. The molecule has 0 bridgehead atoms. The van der Waals surface area contributed by atoms with Gasteiger partial charge in [0.25, 0.3) is 0 Å². The molecule has 1 aliphatic carbocycles. The van der Waals surface area contributed by atoms with Crippen LogP contribution in [0.5, 0.6) is 0 Å². The van der Waals surface area contributed by atoms with E-state index in [1.165, 1.54) is 16.8 Å². The monoisotopic (exact) mass is 285 g/mol. The van der Waals surface area contributed by atoms with Gasteiger partial charge in [-0.1, -0.05) is 6.07 Å². The fraction of sp³-hybridized carbons (Fsp3) is 0.611. The highest BCUT2D eigenvalue weighted by molar-refractivity contribution is 5.51. The standard InChI is InChI=1S/C18H27N3/c1-13(2)20-18(11-19,16-6-7-16)12-21(5)17-9-14(3)8-15(4)10-17/h8-10,13,16,20H,6-7,12H2,1-5H3. The molecule has 1 aliphatic rings. The second kappa shape index (κ2) is 6.07. The van der Waals surface area contributed by atoms with E-state index in [-0.39, 0.29) is 0 Å². The summed E-state index contributed by atoms with van der Waals surface area (Å²) in [6.45, 7) is 9.20. The molecule has 0 amide bonds. The third kappa shape index (κ3) is 3.77. The predicted octanol–water partition coefficient (Wildman–Crippen LogP) is 3.41. The summed E-state index contributed by atoms with van der Waals surface area (Å²) in [5.74, 6) is 0.484. The molecule has 1 N–H and O–H groups in total. The summed E-state index contributed by atoms with van der Waals surface area (Å²) >= 11 is 0. The zero-order valence-electron chi connectivity index (χ0n) is 13.9. The maximum Gasteiger partial charge on any atom is 0.127 e. The maximum absolute atomic E-state index is 9.80. The van der Waals surface area contributed by atoms with Gasteiger partial charge in [0.05, 0.1) is 6.07 Å². The smallest absolute Gasteiger partial charge is 0.127 e. The number of nitrogens with zero attached hydrogens (tertiary/aromatic N) is 2. The fourth-order valence-electron chi connectivity index (χ4n) is 3.18. The van der Waals surface area contributed by atoms with Crippen molar-refractivity contribution in [2.24, 2.45) is 5.92 Å². The van der Waals surface area contributed by atoms with Crippen molar-refractivity contribution in [1.29, 1.82) is 5.26 Å². The molecule has 0 spiro atoms. The summed E-state index contributed by atoms with van der Waals surface area (Å²) < 4.78 is 0. The van der Waals surface area contributed by atoms with E-state index in [0.717, 1.165) is 19.4 Å². The Labute approximate surface area is 129 Å². The lowest BCUT2D eigenvalue weighted by Gasteiger charge is -2.35. The Morgan fingerprint density at radius 3 is 2.29 bits per heavy atom.